The number of nitrogens with one attached hydrogen (secondary N) is 1. The quantitative estimate of drug-likeness (QED) is 0.862. The van der Waals surface area contributed by atoms with Gasteiger partial charge in [0.15, 0.2) is 0 Å². The van der Waals surface area contributed by atoms with Crippen molar-refractivity contribution in [2.75, 3.05) is 5.32 Å². The second-order valence-corrected chi connectivity index (χ2v) is 4.37. The Labute approximate surface area is 112 Å². The molecule has 2 rings (SSSR count). The maximum absolute atomic E-state index is 5.66. The average Bonchev–Trinajstić information content (AvgIpc) is 2.84. The highest BCUT2D eigenvalue weighted by molar-refractivity contribution is 5.52. The Kier molecular flexibility index (Phi) is 4.33. The highest BCUT2D eigenvalue weighted by Gasteiger charge is 2.08. The van der Waals surface area contributed by atoms with Crippen LogP contribution in [0.1, 0.15) is 26.6 Å². The van der Waals surface area contributed by atoms with Crippen LogP contribution < -0.4 is 10.1 Å². The number of hydrogen-bond donors (Lipinski definition) is 1. The predicted octanol–water partition coefficient (Wildman–Crippen LogP) is 2.09. The monoisotopic (exact) mass is 261 g/mol. The van der Waals surface area contributed by atoms with Crippen molar-refractivity contribution in [2.24, 2.45) is 0 Å². The van der Waals surface area contributed by atoms with E-state index in [0.29, 0.717) is 12.4 Å². The second kappa shape index (κ2) is 6.17. The van der Waals surface area contributed by atoms with Crippen molar-refractivity contribution in [3.05, 3.63) is 30.5 Å². The van der Waals surface area contributed by atoms with E-state index >= 15 is 0 Å². The number of hydrogen-bond acceptors (Lipinski definition) is 5. The third kappa shape index (κ3) is 3.43. The van der Waals surface area contributed by atoms with Crippen LogP contribution in [0.25, 0.3) is 0 Å². The molecule has 0 fully saturated rings. The van der Waals surface area contributed by atoms with Crippen molar-refractivity contribution in [1.29, 1.82) is 0 Å². The number of anilines is 1. The lowest BCUT2D eigenvalue weighted by Gasteiger charge is -2.14. The molecule has 1 N–H and O–H groups in total. The van der Waals surface area contributed by atoms with Gasteiger partial charge in [-0.05, 0) is 32.9 Å². The van der Waals surface area contributed by atoms with Gasteiger partial charge in [0.25, 0.3) is 0 Å². The lowest BCUT2D eigenvalue weighted by molar-refractivity contribution is 0.234. The summed E-state index contributed by atoms with van der Waals surface area (Å²) in [6, 6.07) is 3.82. The molecule has 0 saturated carbocycles. The topological polar surface area (TPSA) is 64.9 Å². The summed E-state index contributed by atoms with van der Waals surface area (Å²) in [5, 5.41) is 7.42. The van der Waals surface area contributed by atoms with Crippen LogP contribution in [0.3, 0.4) is 0 Å². The zero-order valence-corrected chi connectivity index (χ0v) is 11.5. The average molecular weight is 261 g/mol. The van der Waals surface area contributed by atoms with Crippen LogP contribution in [0.4, 0.5) is 5.69 Å². The fourth-order valence-electron chi connectivity index (χ4n) is 1.71. The molecule has 102 valence electrons. The van der Waals surface area contributed by atoms with Gasteiger partial charge in [0.2, 0.25) is 5.88 Å². The van der Waals surface area contributed by atoms with E-state index in [1.54, 1.807) is 12.5 Å². The summed E-state index contributed by atoms with van der Waals surface area (Å²) in [7, 11) is 0. The molecule has 0 saturated heterocycles. The highest BCUT2D eigenvalue weighted by atomic mass is 16.5. The molecule has 0 unspecified atom stereocenters. The van der Waals surface area contributed by atoms with Crippen molar-refractivity contribution in [3.8, 4) is 5.88 Å². The molecule has 6 nitrogen and oxygen atoms in total. The second-order valence-electron chi connectivity index (χ2n) is 4.37. The number of aromatic nitrogens is 4. The summed E-state index contributed by atoms with van der Waals surface area (Å²) >= 11 is 0. The Morgan fingerprint density at radius 1 is 1.37 bits per heavy atom. The van der Waals surface area contributed by atoms with Crippen LogP contribution in [0.15, 0.2) is 24.7 Å². The molecule has 2 aromatic rings. The van der Waals surface area contributed by atoms with E-state index in [4.69, 9.17) is 4.74 Å². The highest BCUT2D eigenvalue weighted by Crippen LogP contribution is 2.22. The Balaban J connectivity index is 2.07. The predicted molar refractivity (Wildman–Crippen MR) is 73.0 cm³/mol. The van der Waals surface area contributed by atoms with Gasteiger partial charge in [-0.1, -0.05) is 0 Å². The number of aryl methyl sites for hydroxylation is 1. The molecule has 0 radical (unpaired) electrons. The molecule has 2 aromatic heterocycles. The Morgan fingerprint density at radius 2 is 2.21 bits per heavy atom. The molecule has 0 amide bonds. The number of nitrogens with zero attached hydrogens (tertiary/aromatic N) is 4. The van der Waals surface area contributed by atoms with Crippen LogP contribution in [0.5, 0.6) is 5.88 Å². The summed E-state index contributed by atoms with van der Waals surface area (Å²) in [5.41, 5.74) is 0.863. The van der Waals surface area contributed by atoms with Crippen LogP contribution in [-0.4, -0.2) is 25.9 Å². The fraction of sp³-hybridized carbons (Fsp3) is 0.462. The summed E-state index contributed by atoms with van der Waals surface area (Å²) in [4.78, 5) is 8.45. The zero-order chi connectivity index (χ0) is 13.7. The third-order valence-electron chi connectivity index (χ3n) is 2.55. The molecule has 0 atom stereocenters. The van der Waals surface area contributed by atoms with Gasteiger partial charge in [0.1, 0.15) is 12.2 Å². The first-order valence-corrected chi connectivity index (χ1v) is 6.43. The first kappa shape index (κ1) is 13.3. The minimum absolute atomic E-state index is 0.0924. The molecule has 2 heterocycles. The van der Waals surface area contributed by atoms with Crippen LogP contribution >= 0.6 is 0 Å². The molecule has 0 aromatic carbocycles. The van der Waals surface area contributed by atoms with Gasteiger partial charge in [-0.25, -0.2) is 14.6 Å². The van der Waals surface area contributed by atoms with Gasteiger partial charge in [0.05, 0.1) is 18.3 Å². The fourth-order valence-corrected chi connectivity index (χ4v) is 1.71. The minimum Gasteiger partial charge on any atom is -0.473 e. The number of ether oxygens (including phenoxy) is 1. The van der Waals surface area contributed by atoms with Crippen LogP contribution in [-0.2, 0) is 13.1 Å². The molecule has 0 aliphatic heterocycles. The van der Waals surface area contributed by atoms with E-state index in [9.17, 15) is 0 Å². The SMILES string of the molecule is CCn1ncnc1CNc1cccnc1OC(C)C. The van der Waals surface area contributed by atoms with Crippen molar-refractivity contribution < 1.29 is 4.74 Å². The van der Waals surface area contributed by atoms with E-state index in [2.05, 4.69) is 20.4 Å². The zero-order valence-electron chi connectivity index (χ0n) is 11.5. The molecule has 6 heteroatoms. The van der Waals surface area contributed by atoms with Gasteiger partial charge in [-0.15, -0.1) is 0 Å². The third-order valence-corrected chi connectivity index (χ3v) is 2.55. The van der Waals surface area contributed by atoms with Crippen molar-refractivity contribution >= 4 is 5.69 Å². The van der Waals surface area contributed by atoms with Gasteiger partial charge in [-0.2, -0.15) is 5.10 Å². The van der Waals surface area contributed by atoms with Crippen molar-refractivity contribution in [2.45, 2.75) is 40.0 Å². The largest absolute Gasteiger partial charge is 0.473 e. The van der Waals surface area contributed by atoms with Gasteiger partial charge < -0.3 is 10.1 Å². The van der Waals surface area contributed by atoms with E-state index in [-0.39, 0.29) is 6.10 Å². The molecule has 0 bridgehead atoms. The Hall–Kier alpha value is -2.11. The minimum atomic E-state index is 0.0924. The van der Waals surface area contributed by atoms with Crippen LogP contribution in [0.2, 0.25) is 0 Å². The van der Waals surface area contributed by atoms with Crippen molar-refractivity contribution in [3.63, 3.8) is 0 Å². The number of pyridine rings is 1. The van der Waals surface area contributed by atoms with Crippen LogP contribution in [0, 0.1) is 0 Å². The molecule has 0 aliphatic rings. The lowest BCUT2D eigenvalue weighted by Crippen LogP contribution is -2.12. The van der Waals surface area contributed by atoms with Gasteiger partial charge in [0, 0.05) is 12.7 Å². The summed E-state index contributed by atoms with van der Waals surface area (Å²) in [6.07, 6.45) is 3.38. The smallest absolute Gasteiger partial charge is 0.237 e. The maximum atomic E-state index is 5.66. The van der Waals surface area contributed by atoms with E-state index in [1.165, 1.54) is 0 Å². The van der Waals surface area contributed by atoms with Gasteiger partial charge in [-0.3, -0.25) is 0 Å². The Bertz CT molecular complexity index is 523. The van der Waals surface area contributed by atoms with E-state index in [0.717, 1.165) is 18.1 Å². The maximum Gasteiger partial charge on any atom is 0.237 e. The molecule has 0 spiro atoms. The standard InChI is InChI=1S/C13H19N5O/c1-4-18-12(16-9-17-18)8-15-11-6-5-7-14-13(11)19-10(2)3/h5-7,9-10,15H,4,8H2,1-3H3. The first-order valence-electron chi connectivity index (χ1n) is 6.43. The van der Waals surface area contributed by atoms with Crippen molar-refractivity contribution in [1.82, 2.24) is 19.7 Å². The molecular formula is C13H19N5O. The summed E-state index contributed by atoms with van der Waals surface area (Å²) in [6.45, 7) is 7.39. The number of rotatable bonds is 6. The Morgan fingerprint density at radius 3 is 2.95 bits per heavy atom. The first-order chi connectivity index (χ1) is 9.20. The summed E-state index contributed by atoms with van der Waals surface area (Å²) < 4.78 is 7.51. The molecular weight excluding hydrogens is 242 g/mol. The molecule has 19 heavy (non-hydrogen) atoms. The van der Waals surface area contributed by atoms with E-state index < -0.39 is 0 Å². The summed E-state index contributed by atoms with van der Waals surface area (Å²) in [5.74, 6) is 1.50. The molecule has 0 aliphatic carbocycles. The van der Waals surface area contributed by atoms with Gasteiger partial charge >= 0.3 is 0 Å². The van der Waals surface area contributed by atoms with E-state index in [1.807, 2.05) is 37.6 Å². The lowest BCUT2D eigenvalue weighted by atomic mass is 10.4. The normalized spacial score (nSPS) is 10.7.